The fourth-order valence-corrected chi connectivity index (χ4v) is 3.23. The van der Waals surface area contributed by atoms with E-state index < -0.39 is 5.82 Å². The van der Waals surface area contributed by atoms with Gasteiger partial charge < -0.3 is 4.90 Å². The van der Waals surface area contributed by atoms with Crippen LogP contribution >= 0.6 is 0 Å². The van der Waals surface area contributed by atoms with Crippen molar-refractivity contribution in [1.29, 1.82) is 0 Å². The van der Waals surface area contributed by atoms with Crippen molar-refractivity contribution in [2.24, 2.45) is 5.92 Å². The summed E-state index contributed by atoms with van der Waals surface area (Å²) < 4.78 is 13.9. The van der Waals surface area contributed by atoms with Crippen molar-refractivity contribution >= 4 is 11.7 Å². The molecule has 1 atom stereocenters. The Labute approximate surface area is 152 Å². The van der Waals surface area contributed by atoms with Gasteiger partial charge in [-0.25, -0.2) is 4.39 Å². The number of carbonyl (C=O) groups is 2. The number of rotatable bonds is 3. The lowest BCUT2D eigenvalue weighted by molar-refractivity contribution is 0.0631. The molecule has 2 heterocycles. The van der Waals surface area contributed by atoms with Gasteiger partial charge >= 0.3 is 0 Å². The van der Waals surface area contributed by atoms with Crippen molar-refractivity contribution < 1.29 is 14.0 Å². The zero-order valence-corrected chi connectivity index (χ0v) is 15.4. The maximum absolute atomic E-state index is 13.9. The van der Waals surface area contributed by atoms with E-state index in [0.29, 0.717) is 31.6 Å². The van der Waals surface area contributed by atoms with E-state index in [-0.39, 0.29) is 28.6 Å². The van der Waals surface area contributed by atoms with Gasteiger partial charge in [-0.2, -0.15) is 5.10 Å². The molecule has 138 valence electrons. The third-order valence-electron chi connectivity index (χ3n) is 4.82. The minimum absolute atomic E-state index is 0.0987. The number of nitrogens with zero attached hydrogens (tertiary/aromatic N) is 2. The zero-order valence-electron chi connectivity index (χ0n) is 15.4. The molecule has 1 aromatic carbocycles. The van der Waals surface area contributed by atoms with Gasteiger partial charge in [0.05, 0.1) is 5.56 Å². The van der Waals surface area contributed by atoms with Crippen LogP contribution in [0.1, 0.15) is 60.2 Å². The number of aromatic amines is 1. The summed E-state index contributed by atoms with van der Waals surface area (Å²) in [6.07, 6.45) is 1.37. The number of benzene rings is 1. The molecule has 2 aromatic rings. The molecule has 0 bridgehead atoms. The summed E-state index contributed by atoms with van der Waals surface area (Å²) in [6, 6.07) is 7.77. The van der Waals surface area contributed by atoms with Crippen LogP contribution in [0.5, 0.6) is 0 Å². The molecule has 6 heteroatoms. The number of Topliss-reactive ketones (excluding diaryl/α,β-unsaturated/α-hetero) is 1. The van der Waals surface area contributed by atoms with E-state index in [9.17, 15) is 14.0 Å². The highest BCUT2D eigenvalue weighted by Gasteiger charge is 2.31. The van der Waals surface area contributed by atoms with Crippen molar-refractivity contribution in [3.63, 3.8) is 0 Å². The standard InChI is InChI=1S/C20H24FN3O2/c1-20(2,3)17-11-16(22-23-17)19(26)24-10-6-7-13(12-24)18(25)14-8-4-5-9-15(14)21/h4-5,8-9,11,13H,6-7,10,12H2,1-3H3,(H,22,23)/t13-/m0/s1. The Bertz CT molecular complexity index is 822. The largest absolute Gasteiger partial charge is 0.337 e. The number of amides is 1. The normalized spacial score (nSPS) is 18.0. The van der Waals surface area contributed by atoms with Gasteiger partial charge in [-0.1, -0.05) is 32.9 Å². The molecule has 1 saturated heterocycles. The second kappa shape index (κ2) is 7.02. The molecule has 1 aliphatic rings. The van der Waals surface area contributed by atoms with Crippen LogP contribution in [0.4, 0.5) is 4.39 Å². The predicted octanol–water partition coefficient (Wildman–Crippen LogP) is 3.58. The lowest BCUT2D eigenvalue weighted by Crippen LogP contribution is -2.42. The Morgan fingerprint density at radius 3 is 2.65 bits per heavy atom. The first-order chi connectivity index (χ1) is 12.3. The third kappa shape index (κ3) is 3.69. The van der Waals surface area contributed by atoms with Crippen LogP contribution in [0.15, 0.2) is 30.3 Å². The summed E-state index contributed by atoms with van der Waals surface area (Å²) in [5.41, 5.74) is 1.21. The first-order valence-corrected chi connectivity index (χ1v) is 8.91. The number of halogens is 1. The van der Waals surface area contributed by atoms with E-state index in [4.69, 9.17) is 0 Å². The van der Waals surface area contributed by atoms with Gasteiger partial charge in [0.2, 0.25) is 0 Å². The SMILES string of the molecule is CC(C)(C)c1cc(C(=O)N2CCC[C@H](C(=O)c3ccccc3F)C2)n[nH]1. The molecule has 1 aliphatic heterocycles. The summed E-state index contributed by atoms with van der Waals surface area (Å²) in [6.45, 7) is 7.00. The molecule has 26 heavy (non-hydrogen) atoms. The van der Waals surface area contributed by atoms with E-state index in [1.807, 2.05) is 20.8 Å². The smallest absolute Gasteiger partial charge is 0.274 e. The molecule has 3 rings (SSSR count). The molecule has 0 saturated carbocycles. The predicted molar refractivity (Wildman–Crippen MR) is 96.6 cm³/mol. The van der Waals surface area contributed by atoms with Gasteiger partial charge in [0.1, 0.15) is 11.5 Å². The lowest BCUT2D eigenvalue weighted by Gasteiger charge is -2.31. The molecule has 0 spiro atoms. The van der Waals surface area contributed by atoms with E-state index >= 15 is 0 Å². The first-order valence-electron chi connectivity index (χ1n) is 8.91. The highest BCUT2D eigenvalue weighted by Crippen LogP contribution is 2.25. The van der Waals surface area contributed by atoms with Gasteiger partial charge in [0.15, 0.2) is 5.78 Å². The topological polar surface area (TPSA) is 66.1 Å². The zero-order chi connectivity index (χ0) is 18.9. The van der Waals surface area contributed by atoms with E-state index in [2.05, 4.69) is 10.2 Å². The molecular formula is C20H24FN3O2. The number of piperidine rings is 1. The number of aromatic nitrogens is 2. The molecule has 0 unspecified atom stereocenters. The van der Waals surface area contributed by atoms with Crippen LogP contribution in [-0.4, -0.2) is 39.9 Å². The van der Waals surface area contributed by atoms with Crippen LogP contribution in [0.3, 0.4) is 0 Å². The molecule has 0 aliphatic carbocycles. The Morgan fingerprint density at radius 2 is 2.00 bits per heavy atom. The van der Waals surface area contributed by atoms with Crippen molar-refractivity contribution in [3.05, 3.63) is 53.1 Å². The Balaban J connectivity index is 1.74. The lowest BCUT2D eigenvalue weighted by atomic mass is 9.89. The van der Waals surface area contributed by atoms with Gasteiger partial charge in [0.25, 0.3) is 5.91 Å². The van der Waals surface area contributed by atoms with Gasteiger partial charge in [-0.05, 0) is 31.0 Å². The molecular weight excluding hydrogens is 333 g/mol. The van der Waals surface area contributed by atoms with Crippen LogP contribution in [0.25, 0.3) is 0 Å². The number of hydrogen-bond acceptors (Lipinski definition) is 3. The fraction of sp³-hybridized carbons (Fsp3) is 0.450. The van der Waals surface area contributed by atoms with Crippen LogP contribution in [-0.2, 0) is 5.41 Å². The van der Waals surface area contributed by atoms with Crippen LogP contribution in [0, 0.1) is 11.7 Å². The van der Waals surface area contributed by atoms with Gasteiger partial charge in [-0.3, -0.25) is 14.7 Å². The highest BCUT2D eigenvalue weighted by atomic mass is 19.1. The summed E-state index contributed by atoms with van der Waals surface area (Å²) in [4.78, 5) is 27.1. The number of hydrogen-bond donors (Lipinski definition) is 1. The second-order valence-corrected chi connectivity index (χ2v) is 7.85. The molecule has 1 aromatic heterocycles. The third-order valence-corrected chi connectivity index (χ3v) is 4.82. The van der Waals surface area contributed by atoms with Crippen molar-refractivity contribution in [3.8, 4) is 0 Å². The molecule has 1 fully saturated rings. The Morgan fingerprint density at radius 1 is 1.27 bits per heavy atom. The number of ketones is 1. The maximum atomic E-state index is 13.9. The average Bonchev–Trinajstić information content (AvgIpc) is 3.11. The average molecular weight is 357 g/mol. The van der Waals surface area contributed by atoms with Gasteiger partial charge in [-0.15, -0.1) is 0 Å². The fourth-order valence-electron chi connectivity index (χ4n) is 3.23. The number of carbonyl (C=O) groups excluding carboxylic acids is 2. The minimum atomic E-state index is -0.511. The van der Waals surface area contributed by atoms with E-state index in [0.717, 1.165) is 5.69 Å². The summed E-state index contributed by atoms with van der Waals surface area (Å²) in [5.74, 6) is -1.32. The number of likely N-dealkylation sites (tertiary alicyclic amines) is 1. The Hall–Kier alpha value is -2.50. The summed E-state index contributed by atoms with van der Waals surface area (Å²) in [5, 5.41) is 7.06. The van der Waals surface area contributed by atoms with Crippen LogP contribution in [0.2, 0.25) is 0 Å². The quantitative estimate of drug-likeness (QED) is 0.854. The molecule has 1 amide bonds. The van der Waals surface area contributed by atoms with E-state index in [1.165, 1.54) is 12.1 Å². The monoisotopic (exact) mass is 357 g/mol. The first kappa shape index (κ1) is 18.3. The van der Waals surface area contributed by atoms with Crippen molar-refractivity contribution in [1.82, 2.24) is 15.1 Å². The summed E-state index contributed by atoms with van der Waals surface area (Å²) >= 11 is 0. The molecule has 1 N–H and O–H groups in total. The van der Waals surface area contributed by atoms with E-state index in [1.54, 1.807) is 23.1 Å². The minimum Gasteiger partial charge on any atom is -0.337 e. The van der Waals surface area contributed by atoms with Crippen LogP contribution < -0.4 is 0 Å². The van der Waals surface area contributed by atoms with Crippen molar-refractivity contribution in [2.75, 3.05) is 13.1 Å². The number of H-pyrrole nitrogens is 1. The summed E-state index contributed by atoms with van der Waals surface area (Å²) in [7, 11) is 0. The number of nitrogens with one attached hydrogen (secondary N) is 1. The molecule has 0 radical (unpaired) electrons. The van der Waals surface area contributed by atoms with Crippen molar-refractivity contribution in [2.45, 2.75) is 39.0 Å². The highest BCUT2D eigenvalue weighted by molar-refractivity contribution is 5.99. The Kier molecular flexibility index (Phi) is 4.94. The van der Waals surface area contributed by atoms with Gasteiger partial charge in [0, 0.05) is 30.1 Å². The second-order valence-electron chi connectivity index (χ2n) is 7.85. The maximum Gasteiger partial charge on any atom is 0.274 e. The molecule has 5 nitrogen and oxygen atoms in total.